The first-order chi connectivity index (χ1) is 8.36. The van der Waals surface area contributed by atoms with Crippen LogP contribution in [0.2, 0.25) is 0 Å². The van der Waals surface area contributed by atoms with Gasteiger partial charge in [-0.25, -0.2) is 9.59 Å². The van der Waals surface area contributed by atoms with Gasteiger partial charge in [-0.15, -0.1) is 0 Å². The van der Waals surface area contributed by atoms with Gasteiger partial charge in [-0.2, -0.15) is 0 Å². The minimum atomic E-state index is -2.79. The lowest BCUT2D eigenvalue weighted by Crippen LogP contribution is -2.63. The summed E-state index contributed by atoms with van der Waals surface area (Å²) in [6.45, 7) is 3.30. The topological polar surface area (TPSA) is 74.6 Å². The fourth-order valence-corrected chi connectivity index (χ4v) is 3.50. The van der Waals surface area contributed by atoms with Crippen LogP contribution in [0.3, 0.4) is 0 Å². The van der Waals surface area contributed by atoms with Crippen LogP contribution in [-0.2, 0) is 9.59 Å². The van der Waals surface area contributed by atoms with E-state index in [1.807, 2.05) is 0 Å². The van der Waals surface area contributed by atoms with Crippen molar-refractivity contribution in [2.24, 2.45) is 0 Å². The molecule has 0 bridgehead atoms. The predicted octanol–water partition coefficient (Wildman–Crippen LogP) is 3.54. The summed E-state index contributed by atoms with van der Waals surface area (Å²) in [7, 11) is 0. The SMILES string of the molecule is C=C1C(Cl)(Cl)C(Cl)=C(Cl)C(Cl)(C(=O)O)C1(Cl)C(=O)O. The first kappa shape index (κ1) is 17.2. The zero-order chi connectivity index (χ0) is 15.4. The summed E-state index contributed by atoms with van der Waals surface area (Å²) in [5.41, 5.74) is -0.621. The van der Waals surface area contributed by atoms with Crippen molar-refractivity contribution in [2.45, 2.75) is 14.1 Å². The summed E-state index contributed by atoms with van der Waals surface area (Å²) < 4.78 is -2.17. The fraction of sp³-hybridized carbons (Fsp3) is 0.333. The molecule has 0 aliphatic heterocycles. The van der Waals surface area contributed by atoms with Crippen molar-refractivity contribution in [1.29, 1.82) is 0 Å². The Labute approximate surface area is 137 Å². The summed E-state index contributed by atoms with van der Waals surface area (Å²) in [6.07, 6.45) is 0. The molecule has 0 aromatic rings. The third-order valence-electron chi connectivity index (χ3n) is 2.63. The second-order valence-corrected chi connectivity index (χ2v) is 6.83. The van der Waals surface area contributed by atoms with Crippen LogP contribution in [-0.4, -0.2) is 36.2 Å². The molecule has 0 fully saturated rings. The van der Waals surface area contributed by atoms with Crippen LogP contribution in [0.4, 0.5) is 0 Å². The summed E-state index contributed by atoms with van der Waals surface area (Å²) >= 11 is 34.8. The Bertz CT molecular complexity index is 527. The predicted molar refractivity (Wildman–Crippen MR) is 74.7 cm³/mol. The molecule has 19 heavy (non-hydrogen) atoms. The molecule has 106 valence electrons. The molecule has 1 aliphatic rings. The normalized spacial score (nSPS) is 34.3. The highest BCUT2D eigenvalue weighted by Crippen LogP contribution is 2.61. The van der Waals surface area contributed by atoms with Gasteiger partial charge in [0, 0.05) is 0 Å². The molecule has 0 spiro atoms. The summed E-state index contributed by atoms with van der Waals surface area (Å²) in [5.74, 6) is -3.66. The molecule has 0 amide bonds. The van der Waals surface area contributed by atoms with E-state index in [2.05, 4.69) is 6.58 Å². The van der Waals surface area contributed by atoms with E-state index in [1.165, 1.54) is 0 Å². The Morgan fingerprint density at radius 3 is 1.58 bits per heavy atom. The second kappa shape index (κ2) is 4.86. The maximum Gasteiger partial charge on any atom is 0.333 e. The molecule has 0 saturated carbocycles. The van der Waals surface area contributed by atoms with Gasteiger partial charge in [-0.1, -0.05) is 76.2 Å². The molecule has 0 radical (unpaired) electrons. The minimum absolute atomic E-state index is 0.572. The number of alkyl halides is 4. The Kier molecular flexibility index (Phi) is 4.41. The summed E-state index contributed by atoms with van der Waals surface area (Å²) in [6, 6.07) is 0. The van der Waals surface area contributed by atoms with E-state index in [0.717, 1.165) is 0 Å². The molecule has 2 N–H and O–H groups in total. The fourth-order valence-electron chi connectivity index (χ4n) is 1.51. The Morgan fingerprint density at radius 1 is 0.895 bits per heavy atom. The van der Waals surface area contributed by atoms with Gasteiger partial charge in [0.1, 0.15) is 0 Å². The highest BCUT2D eigenvalue weighted by Gasteiger charge is 2.71. The molecule has 0 saturated heterocycles. The molecule has 10 heteroatoms. The molecule has 1 aliphatic carbocycles. The van der Waals surface area contributed by atoms with Crippen molar-refractivity contribution in [3.8, 4) is 0 Å². The molecule has 0 heterocycles. The van der Waals surface area contributed by atoms with Gasteiger partial charge in [0.2, 0.25) is 4.87 Å². The zero-order valence-electron chi connectivity index (χ0n) is 8.69. The van der Waals surface area contributed by atoms with Crippen LogP contribution in [0.1, 0.15) is 0 Å². The van der Waals surface area contributed by atoms with Crippen LogP contribution in [0.25, 0.3) is 0 Å². The first-order valence-electron chi connectivity index (χ1n) is 4.34. The van der Waals surface area contributed by atoms with E-state index >= 15 is 0 Å². The lowest BCUT2D eigenvalue weighted by atomic mass is 9.78. The molecule has 2 atom stereocenters. The van der Waals surface area contributed by atoms with Gasteiger partial charge < -0.3 is 10.2 Å². The average Bonchev–Trinajstić information content (AvgIpc) is 2.31. The number of carbonyl (C=O) groups is 2. The quantitative estimate of drug-likeness (QED) is 0.560. The van der Waals surface area contributed by atoms with Gasteiger partial charge in [0.05, 0.1) is 10.1 Å². The third-order valence-corrected chi connectivity index (χ3v) is 6.20. The van der Waals surface area contributed by atoms with Crippen molar-refractivity contribution >= 4 is 81.5 Å². The molecule has 0 aromatic carbocycles. The van der Waals surface area contributed by atoms with Crippen LogP contribution in [0.5, 0.6) is 0 Å². The van der Waals surface area contributed by atoms with Crippen molar-refractivity contribution in [2.75, 3.05) is 0 Å². The van der Waals surface area contributed by atoms with Crippen molar-refractivity contribution in [3.63, 3.8) is 0 Å². The van der Waals surface area contributed by atoms with Crippen LogP contribution in [0, 0.1) is 0 Å². The average molecular weight is 389 g/mol. The van der Waals surface area contributed by atoms with Crippen molar-refractivity contribution in [1.82, 2.24) is 0 Å². The lowest BCUT2D eigenvalue weighted by Gasteiger charge is -2.45. The smallest absolute Gasteiger partial charge is 0.333 e. The number of carboxylic acid groups (broad SMARTS) is 2. The van der Waals surface area contributed by atoms with Crippen LogP contribution < -0.4 is 0 Å². The molecule has 2 unspecified atom stereocenters. The number of halogens is 6. The molecule has 4 nitrogen and oxygen atoms in total. The highest BCUT2D eigenvalue weighted by atomic mass is 35.5. The highest BCUT2D eigenvalue weighted by molar-refractivity contribution is 6.65. The number of rotatable bonds is 2. The van der Waals surface area contributed by atoms with Crippen molar-refractivity contribution < 1.29 is 19.8 Å². The number of aliphatic carboxylic acids is 2. The monoisotopic (exact) mass is 386 g/mol. The maximum absolute atomic E-state index is 11.4. The molecular formula is C9H4Cl6O4. The van der Waals surface area contributed by atoms with Gasteiger partial charge in [0.15, 0.2) is 9.21 Å². The number of allylic oxidation sites excluding steroid dienone is 1. The van der Waals surface area contributed by atoms with E-state index in [9.17, 15) is 19.8 Å². The lowest BCUT2D eigenvalue weighted by molar-refractivity contribution is -0.147. The minimum Gasteiger partial charge on any atom is -0.480 e. The Hall–Kier alpha value is 0.160. The maximum atomic E-state index is 11.4. The van der Waals surface area contributed by atoms with Gasteiger partial charge in [0.25, 0.3) is 0 Å². The first-order valence-corrected chi connectivity index (χ1v) is 6.61. The van der Waals surface area contributed by atoms with Gasteiger partial charge in [-0.05, 0) is 5.57 Å². The third kappa shape index (κ3) is 1.96. The number of carboxylic acids is 2. The standard InChI is InChI=1S/C9H4Cl6O4/c1-2-7(12,5(16)17)8(13,6(18)19)3(10)4(11)9(2,14)15/h1H2,(H,16,17)(H,18,19). The number of hydrogen-bond acceptors (Lipinski definition) is 2. The second-order valence-electron chi connectivity index (χ2n) is 3.61. The Morgan fingerprint density at radius 2 is 1.26 bits per heavy atom. The van der Waals surface area contributed by atoms with Gasteiger partial charge in [-0.3, -0.25) is 0 Å². The van der Waals surface area contributed by atoms with Crippen LogP contribution >= 0.6 is 69.6 Å². The molecule has 1 rings (SSSR count). The van der Waals surface area contributed by atoms with Crippen molar-refractivity contribution in [3.05, 3.63) is 22.2 Å². The summed E-state index contributed by atoms with van der Waals surface area (Å²) in [4.78, 5) is 17.1. The van der Waals surface area contributed by atoms with E-state index < -0.39 is 41.7 Å². The van der Waals surface area contributed by atoms with E-state index in [-0.39, 0.29) is 0 Å². The Balaban J connectivity index is 3.88. The van der Waals surface area contributed by atoms with E-state index in [4.69, 9.17) is 69.6 Å². The van der Waals surface area contributed by atoms with E-state index in [0.29, 0.717) is 0 Å². The zero-order valence-corrected chi connectivity index (χ0v) is 13.2. The largest absolute Gasteiger partial charge is 0.480 e. The summed E-state index contributed by atoms with van der Waals surface area (Å²) in [5, 5.41) is 17.0. The van der Waals surface area contributed by atoms with Gasteiger partial charge >= 0.3 is 11.9 Å². The van der Waals surface area contributed by atoms with E-state index in [1.54, 1.807) is 0 Å². The molecular weight excluding hydrogens is 385 g/mol. The molecule has 0 aromatic heterocycles. The number of hydrogen-bond donors (Lipinski definition) is 2. The van der Waals surface area contributed by atoms with Crippen LogP contribution in [0.15, 0.2) is 22.2 Å².